The molecule has 6 nitrogen and oxygen atoms in total. The van der Waals surface area contributed by atoms with E-state index in [-0.39, 0.29) is 0 Å². The Hall–Kier alpha value is -0.820. The zero-order valence-electron chi connectivity index (χ0n) is 4.80. The first kappa shape index (κ1) is 9.18. The lowest BCUT2D eigenvalue weighted by molar-refractivity contribution is -0.495. The van der Waals surface area contributed by atoms with Crippen molar-refractivity contribution in [2.45, 2.75) is 11.4 Å². The van der Waals surface area contributed by atoms with Gasteiger partial charge in [-0.2, -0.15) is 0 Å². The molecule has 0 aliphatic carbocycles. The van der Waals surface area contributed by atoms with Gasteiger partial charge in [-0.15, -0.1) is 0 Å². The Morgan fingerprint density at radius 1 is 1.80 bits per heavy atom. The molecular weight excluding hydrogens is 160 g/mol. The van der Waals surface area contributed by atoms with Crippen molar-refractivity contribution in [2.75, 3.05) is 0 Å². The molecule has 0 amide bonds. The zero-order valence-corrected chi connectivity index (χ0v) is 5.69. The van der Waals surface area contributed by atoms with E-state index in [0.717, 1.165) is 0 Å². The van der Waals surface area contributed by atoms with Crippen molar-refractivity contribution >= 4 is 18.6 Å². The van der Waals surface area contributed by atoms with E-state index in [1.54, 1.807) is 0 Å². The fraction of sp³-hybridized carbons (Fsp3) is 0.667. The summed E-state index contributed by atoms with van der Waals surface area (Å²) in [6, 6.07) is -1.56. The lowest BCUT2D eigenvalue weighted by Crippen LogP contribution is -2.42. The first-order chi connectivity index (χ1) is 4.46. The standard InChI is InChI=1S/C3H6N2O4S/c4-1(3(6)7)2(10)5(8)9/h1-2,10H,4H2,(H,6,7)/t1-,2?/m0/s1. The summed E-state index contributed by atoms with van der Waals surface area (Å²) in [5.41, 5.74) is 4.84. The predicted molar refractivity (Wildman–Crippen MR) is 35.4 cm³/mol. The molecule has 0 saturated carbocycles. The summed E-state index contributed by atoms with van der Waals surface area (Å²) in [7, 11) is 0. The molecule has 0 bridgehead atoms. The van der Waals surface area contributed by atoms with Gasteiger partial charge in [-0.25, -0.2) is 0 Å². The van der Waals surface area contributed by atoms with Gasteiger partial charge in [0.05, 0.1) is 0 Å². The highest BCUT2D eigenvalue weighted by atomic mass is 32.1. The summed E-state index contributed by atoms with van der Waals surface area (Å²) in [4.78, 5) is 18.9. The number of rotatable bonds is 3. The summed E-state index contributed by atoms with van der Waals surface area (Å²) in [5, 5.41) is 16.4. The number of aliphatic carboxylic acids is 1. The summed E-state index contributed by atoms with van der Waals surface area (Å²) >= 11 is 3.35. The van der Waals surface area contributed by atoms with Gasteiger partial charge in [-0.3, -0.25) is 14.9 Å². The second-order valence-electron chi connectivity index (χ2n) is 1.56. The van der Waals surface area contributed by atoms with Crippen molar-refractivity contribution in [2.24, 2.45) is 5.73 Å². The second kappa shape index (κ2) is 3.37. The van der Waals surface area contributed by atoms with Crippen LogP contribution in [-0.2, 0) is 4.79 Å². The van der Waals surface area contributed by atoms with Crippen LogP contribution in [0.15, 0.2) is 0 Å². The minimum Gasteiger partial charge on any atom is -0.480 e. The first-order valence-electron chi connectivity index (χ1n) is 2.26. The molecule has 0 aliphatic rings. The van der Waals surface area contributed by atoms with Crippen molar-refractivity contribution in [1.82, 2.24) is 0 Å². The number of thiol groups is 1. The molecule has 7 heteroatoms. The largest absolute Gasteiger partial charge is 0.480 e. The van der Waals surface area contributed by atoms with Crippen molar-refractivity contribution in [3.63, 3.8) is 0 Å². The molecule has 0 radical (unpaired) electrons. The van der Waals surface area contributed by atoms with Gasteiger partial charge in [-0.1, -0.05) is 12.6 Å². The lowest BCUT2D eigenvalue weighted by Gasteiger charge is -2.05. The van der Waals surface area contributed by atoms with Crippen molar-refractivity contribution in [3.05, 3.63) is 10.1 Å². The van der Waals surface area contributed by atoms with Crippen molar-refractivity contribution < 1.29 is 14.8 Å². The molecule has 0 aromatic carbocycles. The highest BCUT2D eigenvalue weighted by Crippen LogP contribution is 1.99. The molecule has 2 atom stereocenters. The third-order valence-corrected chi connectivity index (χ3v) is 1.33. The van der Waals surface area contributed by atoms with E-state index in [1.807, 2.05) is 0 Å². The monoisotopic (exact) mass is 166 g/mol. The normalized spacial score (nSPS) is 15.8. The second-order valence-corrected chi connectivity index (χ2v) is 2.09. The number of nitrogens with two attached hydrogens (primary N) is 1. The van der Waals surface area contributed by atoms with Crippen LogP contribution >= 0.6 is 12.6 Å². The molecule has 58 valence electrons. The Bertz CT molecular complexity index is 143. The molecule has 0 aromatic rings. The Labute approximate surface area is 61.6 Å². The molecular formula is C3H6N2O4S. The Morgan fingerprint density at radius 3 is 2.30 bits per heavy atom. The summed E-state index contributed by atoms with van der Waals surface area (Å²) < 4.78 is 0. The van der Waals surface area contributed by atoms with E-state index in [2.05, 4.69) is 12.6 Å². The van der Waals surface area contributed by atoms with Gasteiger partial charge in [0, 0.05) is 4.92 Å². The van der Waals surface area contributed by atoms with Gasteiger partial charge in [0.15, 0.2) is 6.04 Å². The van der Waals surface area contributed by atoms with Crippen molar-refractivity contribution in [1.29, 1.82) is 0 Å². The lowest BCUT2D eigenvalue weighted by atomic mass is 10.3. The fourth-order valence-electron chi connectivity index (χ4n) is 0.259. The van der Waals surface area contributed by atoms with Crippen LogP contribution in [0, 0.1) is 10.1 Å². The minimum absolute atomic E-state index is 0.859. The van der Waals surface area contributed by atoms with Crippen LogP contribution in [-0.4, -0.2) is 27.4 Å². The Kier molecular flexibility index (Phi) is 3.10. The summed E-state index contributed by atoms with van der Waals surface area (Å²) in [5.74, 6) is -1.43. The summed E-state index contributed by atoms with van der Waals surface area (Å²) in [6.45, 7) is 0. The maximum absolute atomic E-state index is 9.97. The van der Waals surface area contributed by atoms with E-state index < -0.39 is 22.3 Å². The number of nitro groups is 1. The highest BCUT2D eigenvalue weighted by Gasteiger charge is 2.29. The van der Waals surface area contributed by atoms with E-state index >= 15 is 0 Å². The third-order valence-electron chi connectivity index (χ3n) is 0.822. The number of carboxylic acid groups (broad SMARTS) is 1. The first-order valence-corrected chi connectivity index (χ1v) is 2.78. The molecule has 0 spiro atoms. The van der Waals surface area contributed by atoms with Crippen LogP contribution in [0.3, 0.4) is 0 Å². The van der Waals surface area contributed by atoms with Gasteiger partial charge < -0.3 is 10.8 Å². The molecule has 10 heavy (non-hydrogen) atoms. The average molecular weight is 166 g/mol. The van der Waals surface area contributed by atoms with E-state index in [0.29, 0.717) is 0 Å². The molecule has 0 heterocycles. The van der Waals surface area contributed by atoms with Gasteiger partial charge >= 0.3 is 5.97 Å². The SMILES string of the molecule is N[C@H](C(=O)O)C(S)[N+](=O)[O-]. The number of hydrogen-bond acceptors (Lipinski definition) is 5. The number of nitrogens with zero attached hydrogens (tertiary/aromatic N) is 1. The molecule has 0 rings (SSSR count). The highest BCUT2D eigenvalue weighted by molar-refractivity contribution is 7.80. The maximum atomic E-state index is 9.97. The quantitative estimate of drug-likeness (QED) is 0.214. The maximum Gasteiger partial charge on any atom is 0.328 e. The summed E-state index contributed by atoms with van der Waals surface area (Å²) in [6.07, 6.45) is 0. The third kappa shape index (κ3) is 2.19. The Morgan fingerprint density at radius 2 is 2.20 bits per heavy atom. The number of hydrogen-bond donors (Lipinski definition) is 3. The van der Waals surface area contributed by atoms with Crippen LogP contribution in [0.5, 0.6) is 0 Å². The van der Waals surface area contributed by atoms with Crippen LogP contribution in [0.1, 0.15) is 0 Å². The van der Waals surface area contributed by atoms with Crippen LogP contribution in [0.4, 0.5) is 0 Å². The van der Waals surface area contributed by atoms with Gasteiger partial charge in [0.25, 0.3) is 5.37 Å². The van der Waals surface area contributed by atoms with Crippen LogP contribution in [0.25, 0.3) is 0 Å². The van der Waals surface area contributed by atoms with Gasteiger partial charge in [0.1, 0.15) is 0 Å². The van der Waals surface area contributed by atoms with Crippen LogP contribution in [0.2, 0.25) is 0 Å². The van der Waals surface area contributed by atoms with Gasteiger partial charge in [0.2, 0.25) is 0 Å². The molecule has 1 unspecified atom stereocenters. The minimum atomic E-state index is -1.56. The topological polar surface area (TPSA) is 106 Å². The molecule has 0 aliphatic heterocycles. The number of carbonyl (C=O) groups is 1. The zero-order chi connectivity index (χ0) is 8.31. The smallest absolute Gasteiger partial charge is 0.328 e. The molecule has 0 fully saturated rings. The molecule has 0 saturated heterocycles. The van der Waals surface area contributed by atoms with Crippen LogP contribution < -0.4 is 5.73 Å². The van der Waals surface area contributed by atoms with Crippen molar-refractivity contribution in [3.8, 4) is 0 Å². The predicted octanol–water partition coefficient (Wildman–Crippen LogP) is -1.07. The average Bonchev–Trinajstić information content (AvgIpc) is 1.84. The fourth-order valence-corrected chi connectivity index (χ4v) is 0.386. The molecule has 0 aromatic heterocycles. The Balaban J connectivity index is 4.07. The number of carboxylic acids is 1. The van der Waals surface area contributed by atoms with E-state index in [9.17, 15) is 14.9 Å². The van der Waals surface area contributed by atoms with E-state index in [4.69, 9.17) is 10.8 Å². The van der Waals surface area contributed by atoms with E-state index in [1.165, 1.54) is 0 Å². The molecule has 3 N–H and O–H groups in total. The van der Waals surface area contributed by atoms with Gasteiger partial charge in [-0.05, 0) is 0 Å².